The number of benzene rings is 1. The Bertz CT molecular complexity index is 776. The van der Waals surface area contributed by atoms with Gasteiger partial charge in [0, 0.05) is 19.3 Å². The number of hydrogen-bond acceptors (Lipinski definition) is 5. The molecule has 0 aliphatic rings. The van der Waals surface area contributed by atoms with Crippen LogP contribution in [0.3, 0.4) is 0 Å². The molecule has 2 aromatic heterocycles. The van der Waals surface area contributed by atoms with E-state index in [0.717, 1.165) is 5.69 Å². The van der Waals surface area contributed by atoms with Gasteiger partial charge in [-0.25, -0.2) is 9.36 Å². The zero-order chi connectivity index (χ0) is 13.9. The van der Waals surface area contributed by atoms with Crippen molar-refractivity contribution in [2.45, 2.75) is 6.54 Å². The Morgan fingerprint density at radius 2 is 2.05 bits per heavy atom. The maximum Gasteiger partial charge on any atom is 0.280 e. The summed E-state index contributed by atoms with van der Waals surface area (Å²) in [5, 5.41) is 15.7. The van der Waals surface area contributed by atoms with Gasteiger partial charge in [0.15, 0.2) is 5.65 Å². The van der Waals surface area contributed by atoms with Crippen molar-refractivity contribution in [2.75, 3.05) is 11.9 Å². The van der Waals surface area contributed by atoms with Crippen LogP contribution in [0.25, 0.3) is 11.0 Å². The molecule has 20 heavy (non-hydrogen) atoms. The molecule has 0 aliphatic carbocycles. The van der Waals surface area contributed by atoms with Gasteiger partial charge in [0.25, 0.3) is 5.56 Å². The Morgan fingerprint density at radius 1 is 1.25 bits per heavy atom. The molecule has 0 bridgehead atoms. The van der Waals surface area contributed by atoms with E-state index in [1.165, 1.54) is 15.6 Å². The van der Waals surface area contributed by atoms with Crippen LogP contribution in [0.5, 0.6) is 0 Å². The van der Waals surface area contributed by atoms with Gasteiger partial charge in [0.2, 0.25) is 0 Å². The molecule has 0 unspecified atom stereocenters. The van der Waals surface area contributed by atoms with E-state index >= 15 is 0 Å². The highest BCUT2D eigenvalue weighted by Crippen LogP contribution is 2.04. The highest BCUT2D eigenvalue weighted by atomic mass is 16.1. The molecule has 3 rings (SSSR count). The third-order valence-corrected chi connectivity index (χ3v) is 3.05. The summed E-state index contributed by atoms with van der Waals surface area (Å²) in [6.45, 7) is 1.05. The molecular formula is C13H14N6O. The summed E-state index contributed by atoms with van der Waals surface area (Å²) in [4.78, 5) is 12.2. The molecule has 7 heteroatoms. The highest BCUT2D eigenvalue weighted by Gasteiger charge is 2.08. The third-order valence-electron chi connectivity index (χ3n) is 3.05. The van der Waals surface area contributed by atoms with Gasteiger partial charge in [-0.2, -0.15) is 5.10 Å². The van der Waals surface area contributed by atoms with E-state index in [0.29, 0.717) is 24.1 Å². The smallest absolute Gasteiger partial charge is 0.280 e. The van der Waals surface area contributed by atoms with Crippen LogP contribution in [0.1, 0.15) is 0 Å². The van der Waals surface area contributed by atoms with Crippen LogP contribution in [-0.2, 0) is 13.6 Å². The standard InChI is InChI=1S/C13H14N6O/c1-18-12-11(9-15-18)13(20)19(17-16-12)8-7-14-10-5-3-2-4-6-10/h2-6,9,14H,7-8H2,1H3. The summed E-state index contributed by atoms with van der Waals surface area (Å²) >= 11 is 0. The second-order valence-corrected chi connectivity index (χ2v) is 4.42. The van der Waals surface area contributed by atoms with Crippen molar-refractivity contribution in [3.63, 3.8) is 0 Å². The Hall–Kier alpha value is -2.70. The molecule has 0 fully saturated rings. The van der Waals surface area contributed by atoms with Crippen molar-refractivity contribution < 1.29 is 0 Å². The second-order valence-electron chi connectivity index (χ2n) is 4.42. The molecular weight excluding hydrogens is 256 g/mol. The maximum absolute atomic E-state index is 12.2. The lowest BCUT2D eigenvalue weighted by molar-refractivity contribution is 0.563. The Labute approximate surface area is 114 Å². The number of anilines is 1. The number of aryl methyl sites for hydroxylation is 1. The summed E-state index contributed by atoms with van der Waals surface area (Å²) in [6.07, 6.45) is 1.52. The average molecular weight is 270 g/mol. The molecule has 0 atom stereocenters. The van der Waals surface area contributed by atoms with Crippen LogP contribution < -0.4 is 10.9 Å². The van der Waals surface area contributed by atoms with E-state index in [1.807, 2.05) is 30.3 Å². The lowest BCUT2D eigenvalue weighted by Crippen LogP contribution is -2.27. The van der Waals surface area contributed by atoms with Crippen LogP contribution in [0.2, 0.25) is 0 Å². The van der Waals surface area contributed by atoms with E-state index in [1.54, 1.807) is 7.05 Å². The van der Waals surface area contributed by atoms with E-state index in [9.17, 15) is 4.79 Å². The van der Waals surface area contributed by atoms with E-state index in [2.05, 4.69) is 20.7 Å². The largest absolute Gasteiger partial charge is 0.383 e. The summed E-state index contributed by atoms with van der Waals surface area (Å²) in [5.74, 6) is 0. The lowest BCUT2D eigenvalue weighted by atomic mass is 10.3. The number of fused-ring (bicyclic) bond motifs is 1. The van der Waals surface area contributed by atoms with Crippen molar-refractivity contribution in [3.8, 4) is 0 Å². The van der Waals surface area contributed by atoms with Crippen LogP contribution in [0.15, 0.2) is 41.3 Å². The van der Waals surface area contributed by atoms with Crippen molar-refractivity contribution >= 4 is 16.7 Å². The molecule has 0 spiro atoms. The predicted octanol–water partition coefficient (Wildman–Crippen LogP) is 0.637. The first-order valence-electron chi connectivity index (χ1n) is 6.30. The molecule has 0 radical (unpaired) electrons. The number of nitrogens with zero attached hydrogens (tertiary/aromatic N) is 5. The van der Waals surface area contributed by atoms with E-state index in [-0.39, 0.29) is 5.56 Å². The molecule has 0 saturated carbocycles. The summed E-state index contributed by atoms with van der Waals surface area (Å²) < 4.78 is 2.89. The van der Waals surface area contributed by atoms with Gasteiger partial charge in [-0.05, 0) is 12.1 Å². The van der Waals surface area contributed by atoms with Crippen molar-refractivity contribution in [2.24, 2.45) is 7.05 Å². The number of rotatable bonds is 4. The molecule has 0 saturated heterocycles. The minimum atomic E-state index is -0.169. The molecule has 7 nitrogen and oxygen atoms in total. The topological polar surface area (TPSA) is 77.6 Å². The zero-order valence-electron chi connectivity index (χ0n) is 11.0. The Morgan fingerprint density at radius 3 is 2.85 bits per heavy atom. The van der Waals surface area contributed by atoms with Crippen molar-refractivity contribution in [3.05, 3.63) is 46.9 Å². The summed E-state index contributed by atoms with van der Waals surface area (Å²) in [5.41, 5.74) is 1.34. The highest BCUT2D eigenvalue weighted by molar-refractivity contribution is 5.72. The van der Waals surface area contributed by atoms with E-state index in [4.69, 9.17) is 0 Å². The van der Waals surface area contributed by atoms with Crippen molar-refractivity contribution in [1.29, 1.82) is 0 Å². The fourth-order valence-electron chi connectivity index (χ4n) is 1.98. The molecule has 3 aromatic rings. The summed E-state index contributed by atoms with van der Waals surface area (Å²) in [7, 11) is 1.73. The Kier molecular flexibility index (Phi) is 3.16. The SMILES string of the molecule is Cn1ncc2c(=O)n(CCNc3ccccc3)nnc21. The molecule has 1 aromatic carbocycles. The van der Waals surface area contributed by atoms with Gasteiger partial charge < -0.3 is 5.32 Å². The fourth-order valence-corrected chi connectivity index (χ4v) is 1.98. The van der Waals surface area contributed by atoms with Gasteiger partial charge in [0.05, 0.1) is 12.7 Å². The van der Waals surface area contributed by atoms with Crippen LogP contribution >= 0.6 is 0 Å². The van der Waals surface area contributed by atoms with Gasteiger partial charge in [-0.1, -0.05) is 23.4 Å². The molecule has 102 valence electrons. The number of para-hydroxylation sites is 1. The normalized spacial score (nSPS) is 10.8. The molecule has 0 amide bonds. The van der Waals surface area contributed by atoms with Crippen molar-refractivity contribution in [1.82, 2.24) is 24.8 Å². The minimum absolute atomic E-state index is 0.169. The summed E-state index contributed by atoms with van der Waals surface area (Å²) in [6, 6.07) is 9.81. The Balaban J connectivity index is 1.75. The number of nitrogens with one attached hydrogen (secondary N) is 1. The first-order chi connectivity index (χ1) is 9.75. The maximum atomic E-state index is 12.2. The average Bonchev–Trinajstić information content (AvgIpc) is 2.85. The molecule has 1 N–H and O–H groups in total. The predicted molar refractivity (Wildman–Crippen MR) is 75.5 cm³/mol. The van der Waals surface area contributed by atoms with Crippen LogP contribution in [-0.4, -0.2) is 31.3 Å². The minimum Gasteiger partial charge on any atom is -0.383 e. The van der Waals surface area contributed by atoms with Gasteiger partial charge in [-0.3, -0.25) is 4.79 Å². The van der Waals surface area contributed by atoms with Crippen LogP contribution in [0, 0.1) is 0 Å². The third kappa shape index (κ3) is 2.25. The molecule has 2 heterocycles. The zero-order valence-corrected chi connectivity index (χ0v) is 11.0. The number of aromatic nitrogens is 5. The number of hydrogen-bond donors (Lipinski definition) is 1. The van der Waals surface area contributed by atoms with E-state index < -0.39 is 0 Å². The van der Waals surface area contributed by atoms with Gasteiger partial charge in [-0.15, -0.1) is 5.10 Å². The first kappa shape index (κ1) is 12.3. The monoisotopic (exact) mass is 270 g/mol. The quantitative estimate of drug-likeness (QED) is 0.752. The molecule has 0 aliphatic heterocycles. The van der Waals surface area contributed by atoms with Crippen LogP contribution in [0.4, 0.5) is 5.69 Å². The second kappa shape index (κ2) is 5.12. The first-order valence-corrected chi connectivity index (χ1v) is 6.30. The lowest BCUT2D eigenvalue weighted by Gasteiger charge is -2.06. The fraction of sp³-hybridized carbons (Fsp3) is 0.231. The van der Waals surface area contributed by atoms with Gasteiger partial charge >= 0.3 is 0 Å². The van der Waals surface area contributed by atoms with Gasteiger partial charge in [0.1, 0.15) is 5.39 Å².